The molecule has 1 aliphatic heterocycles. The van der Waals surface area contributed by atoms with Gasteiger partial charge in [0, 0.05) is 0 Å². The summed E-state index contributed by atoms with van der Waals surface area (Å²) < 4.78 is 0. The Balaban J connectivity index is 0.000000148. The second-order valence-electron chi connectivity index (χ2n) is 1.76. The van der Waals surface area contributed by atoms with Gasteiger partial charge in [-0.2, -0.15) is 0 Å². The molecule has 0 bridgehead atoms. The lowest BCUT2D eigenvalue weighted by molar-refractivity contribution is -0.801. The monoisotopic (exact) mass is 134 g/mol. The zero-order valence-electron chi connectivity index (χ0n) is 5.21. The van der Waals surface area contributed by atoms with E-state index in [2.05, 4.69) is 11.2 Å². The maximum Gasteiger partial charge on any atom is 0.352 e. The number of hydrogen-bond donors (Lipinski definition) is 3. The third-order valence-electron chi connectivity index (χ3n) is 0.957. The molecule has 1 rings (SSSR count). The molecule has 1 fully saturated rings. The van der Waals surface area contributed by atoms with Crippen molar-refractivity contribution in [1.82, 2.24) is 5.32 Å². The standard InChI is InChI=1S/C4H9N.H3N2O2/c1-2-4-5-3-1;1-2(3)4/h5H,1-4H2;1H2,(H,3,4)/q;+1. The highest BCUT2D eigenvalue weighted by Gasteiger charge is 1.93. The predicted octanol–water partition coefficient (Wildman–Crippen LogP) is -0.602. The van der Waals surface area contributed by atoms with Gasteiger partial charge in [0.25, 0.3) is 0 Å². The average Bonchev–Trinajstić information content (AvgIpc) is 2.11. The fourth-order valence-corrected chi connectivity index (χ4v) is 0.625. The molecule has 0 aliphatic carbocycles. The van der Waals surface area contributed by atoms with E-state index in [1.807, 2.05) is 0 Å². The molecule has 0 spiro atoms. The predicted molar refractivity (Wildman–Crippen MR) is 31.7 cm³/mol. The summed E-state index contributed by atoms with van der Waals surface area (Å²) in [6.07, 6.45) is 2.78. The number of hydrogen-bond acceptors (Lipinski definition) is 2. The van der Waals surface area contributed by atoms with E-state index in [0.717, 1.165) is 0 Å². The van der Waals surface area contributed by atoms with Gasteiger partial charge in [-0.1, -0.05) is 0 Å². The number of nitrogens with one attached hydrogen (secondary N) is 1. The minimum atomic E-state index is -0.750. The first-order chi connectivity index (χ1) is 4.23. The lowest BCUT2D eigenvalue weighted by Gasteiger charge is -1.76. The van der Waals surface area contributed by atoms with Gasteiger partial charge < -0.3 is 5.32 Å². The van der Waals surface area contributed by atoms with Crippen LogP contribution in [0.3, 0.4) is 0 Å². The van der Waals surface area contributed by atoms with Crippen LogP contribution in [0.1, 0.15) is 12.8 Å². The summed E-state index contributed by atoms with van der Waals surface area (Å²) in [4.78, 5) is 8.69. The highest BCUT2D eigenvalue weighted by molar-refractivity contribution is 4.55. The van der Waals surface area contributed by atoms with E-state index in [1.54, 1.807) is 0 Å². The third kappa shape index (κ3) is 11.0. The van der Waals surface area contributed by atoms with Gasteiger partial charge in [-0.3, -0.25) is 0 Å². The van der Waals surface area contributed by atoms with Crippen molar-refractivity contribution in [1.29, 1.82) is 0 Å². The quantitative estimate of drug-likeness (QED) is 0.305. The van der Waals surface area contributed by atoms with E-state index < -0.39 is 5.03 Å². The first-order valence-corrected chi connectivity index (χ1v) is 2.85. The van der Waals surface area contributed by atoms with Crippen molar-refractivity contribution in [3.05, 3.63) is 4.91 Å². The molecule has 5 nitrogen and oxygen atoms in total. The van der Waals surface area contributed by atoms with Gasteiger partial charge in [-0.15, -0.1) is 5.84 Å². The highest BCUT2D eigenvalue weighted by Crippen LogP contribution is 1.90. The number of hydrazine groups is 1. The molecule has 0 atom stereocenters. The topological polar surface area (TPSA) is 78.4 Å². The van der Waals surface area contributed by atoms with Gasteiger partial charge in [0.15, 0.2) is 0 Å². The van der Waals surface area contributed by atoms with E-state index in [0.29, 0.717) is 0 Å². The van der Waals surface area contributed by atoms with Crippen LogP contribution in [-0.4, -0.2) is 23.3 Å². The molecule has 9 heavy (non-hydrogen) atoms. The van der Waals surface area contributed by atoms with Crippen LogP contribution in [0.25, 0.3) is 0 Å². The van der Waals surface area contributed by atoms with Crippen molar-refractivity contribution >= 4 is 0 Å². The fourth-order valence-electron chi connectivity index (χ4n) is 0.625. The average molecular weight is 134 g/mol. The minimum absolute atomic E-state index is 0.750. The second kappa shape index (κ2) is 5.30. The Labute approximate surface area is 53.3 Å². The summed E-state index contributed by atoms with van der Waals surface area (Å²) >= 11 is 0. The molecule has 0 saturated carbocycles. The van der Waals surface area contributed by atoms with Crippen molar-refractivity contribution in [2.24, 2.45) is 5.84 Å². The van der Waals surface area contributed by atoms with Gasteiger partial charge in [0.05, 0.1) is 0 Å². The van der Waals surface area contributed by atoms with E-state index in [9.17, 15) is 0 Å². The molecule has 1 aliphatic rings. The van der Waals surface area contributed by atoms with Crippen LogP contribution in [0, 0.1) is 4.91 Å². The van der Waals surface area contributed by atoms with Gasteiger partial charge >= 0.3 is 5.03 Å². The van der Waals surface area contributed by atoms with Gasteiger partial charge in [-0.05, 0) is 25.9 Å². The zero-order chi connectivity index (χ0) is 7.11. The van der Waals surface area contributed by atoms with Crippen molar-refractivity contribution in [3.8, 4) is 0 Å². The summed E-state index contributed by atoms with van der Waals surface area (Å²) in [7, 11) is 0. The summed E-state index contributed by atoms with van der Waals surface area (Å²) in [6.45, 7) is 2.50. The molecule has 0 aromatic heterocycles. The maximum atomic E-state index is 8.69. The lowest BCUT2D eigenvalue weighted by atomic mass is 10.4. The largest absolute Gasteiger partial charge is 0.352 e. The first-order valence-electron chi connectivity index (χ1n) is 2.85. The van der Waals surface area contributed by atoms with E-state index >= 15 is 0 Å². The Morgan fingerprint density at radius 1 is 1.44 bits per heavy atom. The Morgan fingerprint density at radius 2 is 1.78 bits per heavy atom. The summed E-state index contributed by atoms with van der Waals surface area (Å²) in [5.74, 6) is 3.94. The Kier molecular flexibility index (Phi) is 4.81. The molecular weight excluding hydrogens is 122 g/mol. The van der Waals surface area contributed by atoms with Crippen LogP contribution in [0.2, 0.25) is 0 Å². The van der Waals surface area contributed by atoms with E-state index in [4.69, 9.17) is 10.1 Å². The van der Waals surface area contributed by atoms with Crippen LogP contribution in [0.5, 0.6) is 0 Å². The molecule has 0 aromatic carbocycles. The Bertz CT molecular complexity index is 70.3. The van der Waals surface area contributed by atoms with Crippen molar-refractivity contribution < 1.29 is 10.2 Å². The highest BCUT2D eigenvalue weighted by atomic mass is 16.7. The molecule has 0 amide bonds. The normalized spacial score (nSPS) is 16.0. The summed E-state index contributed by atoms with van der Waals surface area (Å²) in [6, 6.07) is 0. The number of nitrogens with zero attached hydrogens (tertiary/aromatic N) is 1. The van der Waals surface area contributed by atoms with Crippen LogP contribution in [0.4, 0.5) is 0 Å². The van der Waals surface area contributed by atoms with Crippen LogP contribution < -0.4 is 11.2 Å². The Morgan fingerprint density at radius 3 is 1.89 bits per heavy atom. The lowest BCUT2D eigenvalue weighted by Crippen LogP contribution is -2.08. The summed E-state index contributed by atoms with van der Waals surface area (Å²) in [5, 5.41) is 9.58. The van der Waals surface area contributed by atoms with E-state index in [1.165, 1.54) is 25.9 Å². The zero-order valence-corrected chi connectivity index (χ0v) is 5.21. The number of rotatable bonds is 0. The molecule has 0 aromatic rings. The Hall–Kier alpha value is -0.840. The van der Waals surface area contributed by atoms with Gasteiger partial charge in [0.2, 0.25) is 0 Å². The number of nitrogens with two attached hydrogens (primary N) is 1. The SMILES string of the molecule is C1CCNC1.N[N+](=O)O. The van der Waals surface area contributed by atoms with E-state index in [-0.39, 0.29) is 0 Å². The van der Waals surface area contributed by atoms with Crippen molar-refractivity contribution in [2.75, 3.05) is 13.1 Å². The molecule has 5 heteroatoms. The van der Waals surface area contributed by atoms with Gasteiger partial charge in [0.1, 0.15) is 4.91 Å². The summed E-state index contributed by atoms with van der Waals surface area (Å²) in [5.41, 5.74) is 0. The fraction of sp³-hybridized carbons (Fsp3) is 1.00. The van der Waals surface area contributed by atoms with Crippen LogP contribution in [-0.2, 0) is 0 Å². The van der Waals surface area contributed by atoms with Crippen molar-refractivity contribution in [2.45, 2.75) is 12.8 Å². The second-order valence-corrected chi connectivity index (χ2v) is 1.76. The van der Waals surface area contributed by atoms with Crippen LogP contribution >= 0.6 is 0 Å². The molecular formula is C4H12N3O2+. The van der Waals surface area contributed by atoms with Crippen molar-refractivity contribution in [3.63, 3.8) is 0 Å². The minimum Gasteiger partial charge on any atom is -0.317 e. The third-order valence-corrected chi connectivity index (χ3v) is 0.957. The molecule has 0 radical (unpaired) electrons. The maximum absolute atomic E-state index is 8.69. The molecule has 0 unspecified atom stereocenters. The molecule has 4 N–H and O–H groups in total. The molecule has 54 valence electrons. The molecule has 1 heterocycles. The van der Waals surface area contributed by atoms with Gasteiger partial charge in [-0.25, -0.2) is 5.21 Å². The van der Waals surface area contributed by atoms with Crippen LogP contribution in [0.15, 0.2) is 0 Å². The smallest absolute Gasteiger partial charge is 0.317 e. The molecule has 1 saturated heterocycles. The first kappa shape index (κ1) is 8.16.